The number of fused-ring (bicyclic) bond motifs is 1. The number of nitrogens with zero attached hydrogens (tertiary/aromatic N) is 1. The van der Waals surface area contributed by atoms with Crippen molar-refractivity contribution >= 4 is 29.3 Å². The van der Waals surface area contributed by atoms with Crippen molar-refractivity contribution in [1.29, 1.82) is 0 Å². The molecule has 3 aromatic rings. The summed E-state index contributed by atoms with van der Waals surface area (Å²) in [6.07, 6.45) is 4.86. The number of rotatable bonds is 9. The van der Waals surface area contributed by atoms with Gasteiger partial charge in [0.2, 0.25) is 5.91 Å². The number of benzene rings is 3. The van der Waals surface area contributed by atoms with Gasteiger partial charge in [0.05, 0.1) is 12.3 Å². The van der Waals surface area contributed by atoms with Crippen molar-refractivity contribution in [2.45, 2.75) is 26.7 Å². The van der Waals surface area contributed by atoms with Crippen LogP contribution in [0.2, 0.25) is 0 Å². The van der Waals surface area contributed by atoms with Gasteiger partial charge in [0, 0.05) is 18.3 Å². The van der Waals surface area contributed by atoms with Crippen LogP contribution >= 0.6 is 0 Å². The van der Waals surface area contributed by atoms with E-state index in [0.717, 1.165) is 24.2 Å². The first-order valence-corrected chi connectivity index (χ1v) is 11.8. The van der Waals surface area contributed by atoms with Crippen molar-refractivity contribution in [2.75, 3.05) is 30.0 Å². The Morgan fingerprint density at radius 1 is 1.00 bits per heavy atom. The van der Waals surface area contributed by atoms with Crippen molar-refractivity contribution in [3.05, 3.63) is 89.5 Å². The van der Waals surface area contributed by atoms with E-state index in [9.17, 15) is 9.59 Å². The van der Waals surface area contributed by atoms with Gasteiger partial charge in [0.1, 0.15) is 11.5 Å². The maximum absolute atomic E-state index is 12.6. The minimum Gasteiger partial charge on any atom is -0.494 e. The number of anilines is 2. The van der Waals surface area contributed by atoms with Crippen molar-refractivity contribution < 1.29 is 19.1 Å². The Labute approximate surface area is 206 Å². The molecule has 0 fully saturated rings. The quantitative estimate of drug-likeness (QED) is 0.329. The molecule has 3 aromatic carbocycles. The van der Waals surface area contributed by atoms with Gasteiger partial charge in [-0.15, -0.1) is 0 Å². The molecule has 1 aliphatic rings. The van der Waals surface area contributed by atoms with Crippen LogP contribution < -0.4 is 19.7 Å². The van der Waals surface area contributed by atoms with E-state index in [4.69, 9.17) is 9.47 Å². The molecule has 6 nitrogen and oxygen atoms in total. The number of nitrogens with one attached hydrogen (secondary N) is 1. The summed E-state index contributed by atoms with van der Waals surface area (Å²) in [4.78, 5) is 26.7. The summed E-state index contributed by atoms with van der Waals surface area (Å²) in [5.41, 5.74) is 4.59. The van der Waals surface area contributed by atoms with E-state index in [1.807, 2.05) is 62.4 Å². The third-order valence-electron chi connectivity index (χ3n) is 5.74. The fraction of sp³-hybridized carbons (Fsp3) is 0.241. The monoisotopic (exact) mass is 470 g/mol. The minimum atomic E-state index is -0.242. The molecule has 35 heavy (non-hydrogen) atoms. The second-order valence-corrected chi connectivity index (χ2v) is 8.62. The van der Waals surface area contributed by atoms with Gasteiger partial charge in [-0.25, -0.2) is 0 Å². The third kappa shape index (κ3) is 6.73. The lowest BCUT2D eigenvalue weighted by Crippen LogP contribution is -2.39. The van der Waals surface area contributed by atoms with Crippen molar-refractivity contribution in [3.63, 3.8) is 0 Å². The van der Waals surface area contributed by atoms with E-state index in [1.54, 1.807) is 29.2 Å². The topological polar surface area (TPSA) is 67.9 Å². The van der Waals surface area contributed by atoms with Gasteiger partial charge in [-0.05, 0) is 68.7 Å². The Morgan fingerprint density at radius 3 is 2.46 bits per heavy atom. The van der Waals surface area contributed by atoms with E-state index in [-0.39, 0.29) is 18.4 Å². The van der Waals surface area contributed by atoms with Gasteiger partial charge >= 0.3 is 0 Å². The minimum absolute atomic E-state index is 0.0118. The van der Waals surface area contributed by atoms with Gasteiger partial charge in [0.25, 0.3) is 5.91 Å². The number of carbonyl (C=O) groups is 2. The van der Waals surface area contributed by atoms with E-state index in [1.165, 1.54) is 17.2 Å². The van der Waals surface area contributed by atoms with Crippen LogP contribution in [0, 0.1) is 13.8 Å². The molecule has 4 rings (SSSR count). The predicted octanol–water partition coefficient (Wildman–Crippen LogP) is 5.54. The van der Waals surface area contributed by atoms with E-state index < -0.39 is 0 Å². The standard InChI is InChI=1S/C29H30N2O4/c1-21-5-9-23(10-6-21)11-16-28(32)30-24-12-15-27-26(19-24)31(29(33)20-35-27)17-3-4-18-34-25-13-7-22(2)8-14-25/h5-16,19H,3-4,17-18,20H2,1-2H3,(H,30,32)/b16-11+. The Kier molecular flexibility index (Phi) is 7.83. The lowest BCUT2D eigenvalue weighted by atomic mass is 10.1. The smallest absolute Gasteiger partial charge is 0.265 e. The molecule has 0 saturated heterocycles. The van der Waals surface area contributed by atoms with E-state index in [2.05, 4.69) is 5.32 Å². The summed E-state index contributed by atoms with van der Waals surface area (Å²) in [6, 6.07) is 21.2. The van der Waals surface area contributed by atoms with Crippen LogP contribution in [0.15, 0.2) is 72.8 Å². The second kappa shape index (κ2) is 11.4. The van der Waals surface area contributed by atoms with Crippen LogP contribution in [0.1, 0.15) is 29.5 Å². The fourth-order valence-electron chi connectivity index (χ4n) is 3.75. The van der Waals surface area contributed by atoms with Crippen LogP contribution in [0.25, 0.3) is 6.08 Å². The van der Waals surface area contributed by atoms with Gasteiger partial charge in [-0.3, -0.25) is 9.59 Å². The largest absolute Gasteiger partial charge is 0.494 e. The number of amides is 2. The van der Waals surface area contributed by atoms with Crippen molar-refractivity contribution in [3.8, 4) is 11.5 Å². The number of aryl methyl sites for hydroxylation is 2. The highest BCUT2D eigenvalue weighted by molar-refractivity contribution is 6.03. The molecule has 0 atom stereocenters. The summed E-state index contributed by atoms with van der Waals surface area (Å²) in [5.74, 6) is 1.14. The number of unbranched alkanes of at least 4 members (excludes halogenated alkanes) is 1. The van der Waals surface area contributed by atoms with Gasteiger partial charge in [0.15, 0.2) is 6.61 Å². The Balaban J connectivity index is 1.33. The summed E-state index contributed by atoms with van der Waals surface area (Å²) in [5, 5.41) is 2.87. The highest BCUT2D eigenvalue weighted by Gasteiger charge is 2.25. The number of carbonyl (C=O) groups excluding carboxylic acids is 2. The van der Waals surface area contributed by atoms with Crippen LogP contribution in [0.4, 0.5) is 11.4 Å². The molecule has 2 amide bonds. The normalized spacial score (nSPS) is 12.9. The number of hydrogen-bond donors (Lipinski definition) is 1. The predicted molar refractivity (Wildman–Crippen MR) is 139 cm³/mol. The first-order chi connectivity index (χ1) is 17.0. The zero-order valence-corrected chi connectivity index (χ0v) is 20.1. The molecule has 0 radical (unpaired) electrons. The van der Waals surface area contributed by atoms with Crippen LogP contribution in [-0.2, 0) is 9.59 Å². The van der Waals surface area contributed by atoms with Gasteiger partial charge in [-0.1, -0.05) is 47.5 Å². The molecule has 0 aliphatic carbocycles. The van der Waals surface area contributed by atoms with Gasteiger partial charge in [-0.2, -0.15) is 0 Å². The Bertz CT molecular complexity index is 1200. The van der Waals surface area contributed by atoms with Crippen LogP contribution in [0.3, 0.4) is 0 Å². The molecule has 0 aromatic heterocycles. The molecule has 1 N–H and O–H groups in total. The van der Waals surface area contributed by atoms with Crippen LogP contribution in [-0.4, -0.2) is 31.6 Å². The summed E-state index contributed by atoms with van der Waals surface area (Å²) in [7, 11) is 0. The first kappa shape index (κ1) is 24.1. The summed E-state index contributed by atoms with van der Waals surface area (Å²) in [6.45, 7) is 5.21. The van der Waals surface area contributed by atoms with Gasteiger partial charge < -0.3 is 19.7 Å². The molecule has 0 saturated carbocycles. The molecular weight excluding hydrogens is 440 g/mol. The maximum atomic E-state index is 12.6. The number of ether oxygens (including phenoxy) is 2. The summed E-state index contributed by atoms with van der Waals surface area (Å²) < 4.78 is 11.4. The molecule has 0 unspecified atom stereocenters. The molecule has 0 spiro atoms. The SMILES string of the molecule is Cc1ccc(/C=C/C(=O)Nc2ccc3c(c2)N(CCCCOc2ccc(C)cc2)C(=O)CO3)cc1. The van der Waals surface area contributed by atoms with E-state index in [0.29, 0.717) is 30.3 Å². The van der Waals surface area contributed by atoms with Crippen LogP contribution in [0.5, 0.6) is 11.5 Å². The summed E-state index contributed by atoms with van der Waals surface area (Å²) >= 11 is 0. The molecule has 1 heterocycles. The Morgan fingerprint density at radius 2 is 1.71 bits per heavy atom. The Hall–Kier alpha value is -4.06. The lowest BCUT2D eigenvalue weighted by molar-refractivity contribution is -0.121. The molecule has 6 heteroatoms. The lowest BCUT2D eigenvalue weighted by Gasteiger charge is -2.30. The molecular formula is C29H30N2O4. The first-order valence-electron chi connectivity index (χ1n) is 11.8. The molecule has 0 bridgehead atoms. The van der Waals surface area contributed by atoms with Crippen molar-refractivity contribution in [1.82, 2.24) is 0 Å². The average molecular weight is 471 g/mol. The van der Waals surface area contributed by atoms with Crippen molar-refractivity contribution in [2.24, 2.45) is 0 Å². The zero-order chi connectivity index (χ0) is 24.6. The fourth-order valence-corrected chi connectivity index (χ4v) is 3.75. The highest BCUT2D eigenvalue weighted by atomic mass is 16.5. The third-order valence-corrected chi connectivity index (χ3v) is 5.74. The van der Waals surface area contributed by atoms with E-state index >= 15 is 0 Å². The highest BCUT2D eigenvalue weighted by Crippen LogP contribution is 2.34. The number of hydrogen-bond acceptors (Lipinski definition) is 4. The maximum Gasteiger partial charge on any atom is 0.265 e. The zero-order valence-electron chi connectivity index (χ0n) is 20.1. The molecule has 180 valence electrons. The molecule has 1 aliphatic heterocycles. The average Bonchev–Trinajstić information content (AvgIpc) is 2.86. The second-order valence-electron chi connectivity index (χ2n) is 8.62.